The lowest BCUT2D eigenvalue weighted by Crippen LogP contribution is -2.24. The zero-order chi connectivity index (χ0) is 23.2. The van der Waals surface area contributed by atoms with E-state index in [4.69, 9.17) is 0 Å². The van der Waals surface area contributed by atoms with Crippen molar-refractivity contribution >= 4 is 40.6 Å². The molecule has 0 fully saturated rings. The molecule has 168 valence electrons. The van der Waals surface area contributed by atoms with E-state index in [1.54, 1.807) is 28.8 Å². The number of rotatable bonds is 8. The Balaban J connectivity index is 1.50. The molecule has 0 spiro atoms. The van der Waals surface area contributed by atoms with Crippen LogP contribution in [0.5, 0.6) is 0 Å². The van der Waals surface area contributed by atoms with Gasteiger partial charge >= 0.3 is 0 Å². The molecule has 4 aromatic rings. The molecule has 4 rings (SSSR count). The van der Waals surface area contributed by atoms with Gasteiger partial charge < -0.3 is 10.6 Å². The van der Waals surface area contributed by atoms with Crippen molar-refractivity contribution in [3.63, 3.8) is 0 Å². The van der Waals surface area contributed by atoms with E-state index in [0.717, 1.165) is 11.3 Å². The minimum absolute atomic E-state index is 0.106. The summed E-state index contributed by atoms with van der Waals surface area (Å²) in [5.41, 5.74) is 2.40. The van der Waals surface area contributed by atoms with Gasteiger partial charge in [0.05, 0.1) is 17.2 Å². The summed E-state index contributed by atoms with van der Waals surface area (Å²) in [6, 6.07) is 16.9. The van der Waals surface area contributed by atoms with Crippen LogP contribution in [0.25, 0.3) is 5.69 Å². The van der Waals surface area contributed by atoms with Crippen LogP contribution in [0.4, 0.5) is 10.1 Å². The summed E-state index contributed by atoms with van der Waals surface area (Å²) in [5.74, 6) is -0.203. The largest absolute Gasteiger partial charge is 0.344 e. The summed E-state index contributed by atoms with van der Waals surface area (Å²) in [6.45, 7) is 2.07. The maximum absolute atomic E-state index is 13.5. The van der Waals surface area contributed by atoms with Gasteiger partial charge in [0.1, 0.15) is 5.82 Å². The Morgan fingerprint density at radius 1 is 1.09 bits per heavy atom. The van der Waals surface area contributed by atoms with E-state index in [1.807, 2.05) is 36.6 Å². The number of aryl methyl sites for hydroxylation is 1. The lowest BCUT2D eigenvalue weighted by atomic mass is 10.2. The number of nitrogens with one attached hydrogen (secondary N) is 2. The minimum Gasteiger partial charge on any atom is -0.344 e. The van der Waals surface area contributed by atoms with Crippen LogP contribution in [-0.4, -0.2) is 32.3 Å². The SMILES string of the molecule is Cc1cccc(NC(=O)CSc2nnc(CNC(=O)c3cccs3)n2-c2ccc(F)cc2)c1. The summed E-state index contributed by atoms with van der Waals surface area (Å²) in [6.07, 6.45) is 0. The Morgan fingerprint density at radius 3 is 2.64 bits per heavy atom. The third-order valence-electron chi connectivity index (χ3n) is 4.57. The van der Waals surface area contributed by atoms with Crippen LogP contribution in [0.1, 0.15) is 21.1 Å². The molecular weight excluding hydrogens is 461 g/mol. The zero-order valence-electron chi connectivity index (χ0n) is 17.6. The molecular formula is C23H20FN5O2S2. The summed E-state index contributed by atoms with van der Waals surface area (Å²) in [7, 11) is 0. The van der Waals surface area contributed by atoms with Crippen LogP contribution < -0.4 is 10.6 Å². The smallest absolute Gasteiger partial charge is 0.261 e. The number of carbonyl (C=O) groups is 2. The predicted octanol–water partition coefficient (Wildman–Crippen LogP) is 4.44. The highest BCUT2D eigenvalue weighted by molar-refractivity contribution is 7.99. The Bertz CT molecular complexity index is 1260. The molecule has 2 N–H and O–H groups in total. The number of anilines is 1. The van der Waals surface area contributed by atoms with E-state index >= 15 is 0 Å². The van der Waals surface area contributed by atoms with E-state index < -0.39 is 0 Å². The summed E-state index contributed by atoms with van der Waals surface area (Å²) < 4.78 is 15.2. The number of amides is 2. The summed E-state index contributed by atoms with van der Waals surface area (Å²) in [5, 5.41) is 16.4. The first-order chi connectivity index (χ1) is 16.0. The molecule has 0 saturated heterocycles. The standard InChI is InChI=1S/C23H20FN5O2S2/c1-15-4-2-5-17(12-15)26-21(30)14-33-23-28-27-20(13-25-22(31)19-6-3-11-32-19)29(23)18-9-7-16(24)8-10-18/h2-12H,13-14H2,1H3,(H,25,31)(H,26,30). The van der Waals surface area contributed by atoms with Crippen LogP contribution >= 0.6 is 23.1 Å². The molecule has 2 heterocycles. The van der Waals surface area contributed by atoms with E-state index in [0.29, 0.717) is 21.5 Å². The maximum Gasteiger partial charge on any atom is 0.261 e. The van der Waals surface area contributed by atoms with Crippen LogP contribution in [0, 0.1) is 12.7 Å². The number of thioether (sulfide) groups is 1. The van der Waals surface area contributed by atoms with Gasteiger partial charge in [-0.15, -0.1) is 21.5 Å². The molecule has 0 atom stereocenters. The highest BCUT2D eigenvalue weighted by atomic mass is 32.2. The normalized spacial score (nSPS) is 10.7. The van der Waals surface area contributed by atoms with Crippen molar-refractivity contribution in [2.75, 3.05) is 11.1 Å². The molecule has 0 saturated carbocycles. The van der Waals surface area contributed by atoms with Gasteiger partial charge in [0, 0.05) is 11.4 Å². The van der Waals surface area contributed by atoms with Crippen molar-refractivity contribution < 1.29 is 14.0 Å². The number of hydrogen-bond donors (Lipinski definition) is 2. The first-order valence-corrected chi connectivity index (χ1v) is 11.9. The second-order valence-electron chi connectivity index (χ2n) is 7.08. The number of nitrogens with zero attached hydrogens (tertiary/aromatic N) is 3. The number of carbonyl (C=O) groups excluding carboxylic acids is 2. The lowest BCUT2D eigenvalue weighted by Gasteiger charge is -2.11. The first-order valence-electron chi connectivity index (χ1n) is 10.0. The highest BCUT2D eigenvalue weighted by Crippen LogP contribution is 2.23. The first kappa shape index (κ1) is 22.7. The minimum atomic E-state index is -0.369. The van der Waals surface area contributed by atoms with Gasteiger partial charge in [0.15, 0.2) is 11.0 Å². The van der Waals surface area contributed by atoms with Gasteiger partial charge in [-0.1, -0.05) is 30.0 Å². The second-order valence-corrected chi connectivity index (χ2v) is 8.97. The van der Waals surface area contributed by atoms with Crippen LogP contribution in [0.15, 0.2) is 71.2 Å². The third-order valence-corrected chi connectivity index (χ3v) is 6.37. The molecule has 0 radical (unpaired) electrons. The van der Waals surface area contributed by atoms with Crippen molar-refractivity contribution in [3.8, 4) is 5.69 Å². The highest BCUT2D eigenvalue weighted by Gasteiger charge is 2.17. The van der Waals surface area contributed by atoms with Crippen molar-refractivity contribution in [2.45, 2.75) is 18.6 Å². The number of benzene rings is 2. The average Bonchev–Trinajstić information content (AvgIpc) is 3.47. The van der Waals surface area contributed by atoms with Crippen molar-refractivity contribution in [3.05, 3.63) is 88.1 Å². The molecule has 2 aromatic carbocycles. The Labute approximate surface area is 198 Å². The monoisotopic (exact) mass is 481 g/mol. The second kappa shape index (κ2) is 10.4. The van der Waals surface area contributed by atoms with Gasteiger partial charge in [-0.25, -0.2) is 4.39 Å². The van der Waals surface area contributed by atoms with Crippen molar-refractivity contribution in [1.82, 2.24) is 20.1 Å². The molecule has 0 unspecified atom stereocenters. The van der Waals surface area contributed by atoms with Crippen LogP contribution in [0.3, 0.4) is 0 Å². The topological polar surface area (TPSA) is 88.9 Å². The zero-order valence-corrected chi connectivity index (χ0v) is 19.3. The van der Waals surface area contributed by atoms with Gasteiger partial charge in [-0.3, -0.25) is 14.2 Å². The van der Waals surface area contributed by atoms with Gasteiger partial charge in [-0.05, 0) is 60.3 Å². The summed E-state index contributed by atoms with van der Waals surface area (Å²) in [4.78, 5) is 25.4. The van der Waals surface area contributed by atoms with E-state index in [9.17, 15) is 14.0 Å². The molecule has 33 heavy (non-hydrogen) atoms. The van der Waals surface area contributed by atoms with Crippen molar-refractivity contribution in [2.24, 2.45) is 0 Å². The lowest BCUT2D eigenvalue weighted by molar-refractivity contribution is -0.113. The molecule has 2 amide bonds. The molecule has 0 aliphatic heterocycles. The fourth-order valence-electron chi connectivity index (χ4n) is 3.06. The van der Waals surface area contributed by atoms with E-state index in [2.05, 4.69) is 20.8 Å². The molecule has 0 aliphatic rings. The Hall–Kier alpha value is -3.50. The summed E-state index contributed by atoms with van der Waals surface area (Å²) >= 11 is 2.54. The number of halogens is 1. The quantitative estimate of drug-likeness (QED) is 0.363. The van der Waals surface area contributed by atoms with Crippen LogP contribution in [-0.2, 0) is 11.3 Å². The predicted molar refractivity (Wildman–Crippen MR) is 127 cm³/mol. The van der Waals surface area contributed by atoms with E-state index in [-0.39, 0.29) is 29.9 Å². The Morgan fingerprint density at radius 2 is 1.91 bits per heavy atom. The maximum atomic E-state index is 13.5. The van der Waals surface area contributed by atoms with Gasteiger partial charge in [0.25, 0.3) is 5.91 Å². The molecule has 10 heteroatoms. The number of thiophene rings is 1. The third kappa shape index (κ3) is 5.85. The fraction of sp³-hybridized carbons (Fsp3) is 0.130. The van der Waals surface area contributed by atoms with Gasteiger partial charge in [-0.2, -0.15) is 0 Å². The molecule has 2 aromatic heterocycles. The number of hydrogen-bond acceptors (Lipinski definition) is 6. The van der Waals surface area contributed by atoms with Gasteiger partial charge in [0.2, 0.25) is 5.91 Å². The Kier molecular flexibility index (Phi) is 7.16. The molecule has 0 bridgehead atoms. The van der Waals surface area contributed by atoms with Crippen molar-refractivity contribution in [1.29, 1.82) is 0 Å². The number of aromatic nitrogens is 3. The molecule has 0 aliphatic carbocycles. The van der Waals surface area contributed by atoms with Crippen LogP contribution in [0.2, 0.25) is 0 Å². The van der Waals surface area contributed by atoms with E-state index in [1.165, 1.54) is 35.2 Å². The molecule has 7 nitrogen and oxygen atoms in total. The fourth-order valence-corrected chi connectivity index (χ4v) is 4.47. The average molecular weight is 482 g/mol.